The van der Waals surface area contributed by atoms with Gasteiger partial charge in [0.2, 0.25) is 0 Å². The quantitative estimate of drug-likeness (QED) is 0.764. The maximum atomic E-state index is 13.1. The second-order valence-electron chi connectivity index (χ2n) is 6.05. The fourth-order valence-electron chi connectivity index (χ4n) is 2.76. The van der Waals surface area contributed by atoms with Crippen molar-refractivity contribution in [2.24, 2.45) is 5.92 Å². The third-order valence-corrected chi connectivity index (χ3v) is 4.19. The molecule has 2 unspecified atom stereocenters. The molecule has 0 aliphatic rings. The first-order valence-corrected chi connectivity index (χ1v) is 7.42. The van der Waals surface area contributed by atoms with Gasteiger partial charge in [0.15, 0.2) is 0 Å². The second-order valence-corrected chi connectivity index (χ2v) is 6.05. The van der Waals surface area contributed by atoms with Crippen LogP contribution in [0.3, 0.4) is 0 Å². The number of halogens is 1. The van der Waals surface area contributed by atoms with E-state index in [0.717, 1.165) is 19.4 Å². The monoisotopic (exact) mass is 265 g/mol. The largest absolute Gasteiger partial charge is 0.313 e. The van der Waals surface area contributed by atoms with Gasteiger partial charge in [-0.3, -0.25) is 0 Å². The summed E-state index contributed by atoms with van der Waals surface area (Å²) >= 11 is 0. The van der Waals surface area contributed by atoms with Crippen LogP contribution in [0, 0.1) is 11.7 Å². The van der Waals surface area contributed by atoms with Gasteiger partial charge in [0, 0.05) is 11.5 Å². The first kappa shape index (κ1) is 16.2. The molecule has 0 saturated carbocycles. The van der Waals surface area contributed by atoms with Crippen molar-refractivity contribution in [2.45, 2.75) is 58.9 Å². The molecule has 19 heavy (non-hydrogen) atoms. The van der Waals surface area contributed by atoms with Gasteiger partial charge in [-0.2, -0.15) is 0 Å². The topological polar surface area (TPSA) is 12.0 Å². The van der Waals surface area contributed by atoms with Gasteiger partial charge in [-0.1, -0.05) is 53.2 Å². The van der Waals surface area contributed by atoms with Gasteiger partial charge in [-0.05, 0) is 36.6 Å². The van der Waals surface area contributed by atoms with Crippen molar-refractivity contribution < 1.29 is 4.39 Å². The van der Waals surface area contributed by atoms with Crippen LogP contribution in [0.1, 0.15) is 53.0 Å². The first-order chi connectivity index (χ1) is 8.93. The average Bonchev–Trinajstić information content (AvgIpc) is 2.39. The molecule has 0 aliphatic carbocycles. The molecule has 0 bridgehead atoms. The predicted octanol–water partition coefficient (Wildman–Crippen LogP) is 4.52. The van der Waals surface area contributed by atoms with E-state index in [1.54, 1.807) is 12.1 Å². The molecule has 0 spiro atoms. The van der Waals surface area contributed by atoms with E-state index in [1.807, 2.05) is 12.1 Å². The Morgan fingerprint density at radius 1 is 1.16 bits per heavy atom. The van der Waals surface area contributed by atoms with Crippen molar-refractivity contribution in [3.63, 3.8) is 0 Å². The van der Waals surface area contributed by atoms with E-state index < -0.39 is 0 Å². The molecular formula is C17H28FN. The molecule has 1 rings (SSSR count). The van der Waals surface area contributed by atoms with Crippen LogP contribution in [0.4, 0.5) is 4.39 Å². The number of nitrogens with one attached hydrogen (secondary N) is 1. The molecule has 1 aromatic rings. The van der Waals surface area contributed by atoms with Gasteiger partial charge in [0.05, 0.1) is 0 Å². The lowest BCUT2D eigenvalue weighted by molar-refractivity contribution is 0.252. The van der Waals surface area contributed by atoms with Gasteiger partial charge in [0.1, 0.15) is 5.82 Å². The highest BCUT2D eigenvalue weighted by Crippen LogP contribution is 2.32. The van der Waals surface area contributed by atoms with Crippen LogP contribution in [-0.2, 0) is 5.41 Å². The maximum absolute atomic E-state index is 13.1. The standard InChI is InChI=1S/C17H28FN/c1-6-12-19-16(13(3)7-2)17(4,5)14-8-10-15(18)11-9-14/h8-11,13,16,19H,6-7,12H2,1-5H3. The van der Waals surface area contributed by atoms with Gasteiger partial charge < -0.3 is 5.32 Å². The minimum Gasteiger partial charge on any atom is -0.313 e. The number of hydrogen-bond donors (Lipinski definition) is 1. The van der Waals surface area contributed by atoms with E-state index >= 15 is 0 Å². The van der Waals surface area contributed by atoms with E-state index in [9.17, 15) is 4.39 Å². The third-order valence-electron chi connectivity index (χ3n) is 4.19. The van der Waals surface area contributed by atoms with Crippen LogP contribution in [0.2, 0.25) is 0 Å². The Labute approximate surface area is 117 Å². The van der Waals surface area contributed by atoms with Crippen LogP contribution in [0.15, 0.2) is 24.3 Å². The Balaban J connectivity index is 2.99. The average molecular weight is 265 g/mol. The summed E-state index contributed by atoms with van der Waals surface area (Å²) < 4.78 is 13.1. The van der Waals surface area contributed by atoms with Crippen LogP contribution < -0.4 is 5.32 Å². The zero-order chi connectivity index (χ0) is 14.5. The van der Waals surface area contributed by atoms with Gasteiger partial charge >= 0.3 is 0 Å². The molecule has 0 radical (unpaired) electrons. The van der Waals surface area contributed by atoms with Crippen molar-refractivity contribution in [1.82, 2.24) is 5.32 Å². The van der Waals surface area contributed by atoms with E-state index in [-0.39, 0.29) is 11.2 Å². The Bertz CT molecular complexity index is 369. The normalized spacial score (nSPS) is 15.3. The Morgan fingerprint density at radius 2 is 1.74 bits per heavy atom. The Kier molecular flexibility index (Phi) is 5.99. The summed E-state index contributed by atoms with van der Waals surface area (Å²) in [5.74, 6) is 0.424. The molecule has 0 aliphatic heterocycles. The van der Waals surface area contributed by atoms with Crippen molar-refractivity contribution in [3.05, 3.63) is 35.6 Å². The second kappa shape index (κ2) is 7.04. The molecule has 0 amide bonds. The highest BCUT2D eigenvalue weighted by molar-refractivity contribution is 5.26. The molecule has 0 fully saturated rings. The van der Waals surface area contributed by atoms with Gasteiger partial charge in [-0.25, -0.2) is 4.39 Å². The minimum absolute atomic E-state index is 0.00169. The zero-order valence-electron chi connectivity index (χ0n) is 13.0. The summed E-state index contributed by atoms with van der Waals surface area (Å²) in [6, 6.07) is 7.36. The van der Waals surface area contributed by atoms with Crippen molar-refractivity contribution in [2.75, 3.05) is 6.54 Å². The van der Waals surface area contributed by atoms with Crippen molar-refractivity contribution >= 4 is 0 Å². The molecule has 108 valence electrons. The van der Waals surface area contributed by atoms with E-state index in [0.29, 0.717) is 12.0 Å². The fourth-order valence-corrected chi connectivity index (χ4v) is 2.76. The highest BCUT2D eigenvalue weighted by Gasteiger charge is 2.33. The van der Waals surface area contributed by atoms with Crippen LogP contribution in [0.5, 0.6) is 0 Å². The molecule has 1 aromatic carbocycles. The maximum Gasteiger partial charge on any atom is 0.123 e. The number of hydrogen-bond acceptors (Lipinski definition) is 1. The first-order valence-electron chi connectivity index (χ1n) is 7.42. The number of benzene rings is 1. The van der Waals surface area contributed by atoms with E-state index in [4.69, 9.17) is 0 Å². The van der Waals surface area contributed by atoms with Crippen LogP contribution in [-0.4, -0.2) is 12.6 Å². The van der Waals surface area contributed by atoms with Crippen LogP contribution >= 0.6 is 0 Å². The minimum atomic E-state index is -0.166. The highest BCUT2D eigenvalue weighted by atomic mass is 19.1. The lowest BCUT2D eigenvalue weighted by atomic mass is 9.72. The predicted molar refractivity (Wildman–Crippen MR) is 81.0 cm³/mol. The fraction of sp³-hybridized carbons (Fsp3) is 0.647. The summed E-state index contributed by atoms with van der Waals surface area (Å²) in [6.07, 6.45) is 2.28. The van der Waals surface area contributed by atoms with Gasteiger partial charge in [0.25, 0.3) is 0 Å². The smallest absolute Gasteiger partial charge is 0.123 e. The van der Waals surface area contributed by atoms with Crippen LogP contribution in [0.25, 0.3) is 0 Å². The molecule has 0 saturated heterocycles. The summed E-state index contributed by atoms with van der Waals surface area (Å²) in [7, 11) is 0. The molecule has 1 nitrogen and oxygen atoms in total. The molecule has 2 atom stereocenters. The Morgan fingerprint density at radius 3 is 2.21 bits per heavy atom. The van der Waals surface area contributed by atoms with Crippen molar-refractivity contribution in [3.8, 4) is 0 Å². The summed E-state index contributed by atoms with van der Waals surface area (Å²) in [6.45, 7) is 12.2. The molecule has 2 heteroatoms. The molecule has 0 heterocycles. The SMILES string of the molecule is CCCNC(C(C)CC)C(C)(C)c1ccc(F)cc1. The van der Waals surface area contributed by atoms with E-state index in [1.165, 1.54) is 5.56 Å². The van der Waals surface area contributed by atoms with E-state index in [2.05, 4.69) is 39.9 Å². The summed E-state index contributed by atoms with van der Waals surface area (Å²) in [4.78, 5) is 0. The lowest BCUT2D eigenvalue weighted by Crippen LogP contribution is -2.49. The zero-order valence-corrected chi connectivity index (χ0v) is 13.0. The molecule has 0 aromatic heterocycles. The lowest BCUT2D eigenvalue weighted by Gasteiger charge is -2.39. The molecule has 1 N–H and O–H groups in total. The van der Waals surface area contributed by atoms with Crippen molar-refractivity contribution in [1.29, 1.82) is 0 Å². The molecular weight excluding hydrogens is 237 g/mol. The van der Waals surface area contributed by atoms with Gasteiger partial charge in [-0.15, -0.1) is 0 Å². The number of rotatable bonds is 7. The Hall–Kier alpha value is -0.890. The summed E-state index contributed by atoms with van der Waals surface area (Å²) in [5.41, 5.74) is 1.20. The third kappa shape index (κ3) is 4.04. The summed E-state index contributed by atoms with van der Waals surface area (Å²) in [5, 5.41) is 3.68.